The van der Waals surface area contributed by atoms with Crippen molar-refractivity contribution in [3.05, 3.63) is 194 Å². The van der Waals surface area contributed by atoms with Gasteiger partial charge in [0.2, 0.25) is 0 Å². The smallest absolute Gasteiger partial charge is 0.0547 e. The van der Waals surface area contributed by atoms with Crippen LogP contribution >= 0.6 is 0 Å². The Hall–Kier alpha value is -6.64. The van der Waals surface area contributed by atoms with Crippen LogP contribution in [-0.4, -0.2) is 9.13 Å². The fourth-order valence-electron chi connectivity index (χ4n) is 7.80. The van der Waals surface area contributed by atoms with Crippen molar-refractivity contribution in [3.8, 4) is 44.8 Å². The first-order chi connectivity index (χ1) is 24.8. The molecule has 0 aliphatic heterocycles. The summed E-state index contributed by atoms with van der Waals surface area (Å²) < 4.78 is 4.86. The maximum absolute atomic E-state index is 2.44. The number of aromatic nitrogens is 2. The van der Waals surface area contributed by atoms with Crippen molar-refractivity contribution in [3.63, 3.8) is 0 Å². The van der Waals surface area contributed by atoms with E-state index in [4.69, 9.17) is 0 Å². The molecule has 0 amide bonds. The second-order valence-electron chi connectivity index (χ2n) is 13.0. The van der Waals surface area contributed by atoms with Crippen LogP contribution in [-0.2, 0) is 0 Å². The van der Waals surface area contributed by atoms with Crippen molar-refractivity contribution in [1.82, 2.24) is 9.13 Å². The van der Waals surface area contributed by atoms with Gasteiger partial charge in [0, 0.05) is 32.8 Å². The highest BCUT2D eigenvalue weighted by Gasteiger charge is 2.18. The van der Waals surface area contributed by atoms with E-state index in [0.717, 1.165) is 5.69 Å². The number of fused-ring (bicyclic) bond motifs is 6. The van der Waals surface area contributed by atoms with E-state index >= 15 is 0 Å². The highest BCUT2D eigenvalue weighted by molar-refractivity contribution is 6.12. The Morgan fingerprint density at radius 1 is 0.260 bits per heavy atom. The van der Waals surface area contributed by atoms with E-state index in [0.29, 0.717) is 0 Å². The Morgan fingerprint density at radius 2 is 0.700 bits per heavy atom. The third kappa shape index (κ3) is 4.50. The van der Waals surface area contributed by atoms with Crippen LogP contribution in [0.25, 0.3) is 88.4 Å². The Balaban J connectivity index is 1.17. The first-order valence-corrected chi connectivity index (χ1v) is 17.2. The fraction of sp³-hybridized carbons (Fsp3) is 0. The first kappa shape index (κ1) is 28.4. The van der Waals surface area contributed by atoms with Gasteiger partial charge in [0.15, 0.2) is 0 Å². The summed E-state index contributed by atoms with van der Waals surface area (Å²) in [5.41, 5.74) is 14.4. The summed E-state index contributed by atoms with van der Waals surface area (Å²) in [7, 11) is 0. The third-order valence-electron chi connectivity index (χ3n) is 10.1. The van der Waals surface area contributed by atoms with Crippen LogP contribution in [0.4, 0.5) is 0 Å². The molecule has 50 heavy (non-hydrogen) atoms. The second kappa shape index (κ2) is 11.5. The van der Waals surface area contributed by atoms with Crippen molar-refractivity contribution in [1.29, 1.82) is 0 Å². The average molecular weight is 637 g/mol. The molecule has 0 saturated heterocycles. The van der Waals surface area contributed by atoms with Gasteiger partial charge in [-0.15, -0.1) is 0 Å². The average Bonchev–Trinajstić information content (AvgIpc) is 3.71. The molecule has 0 spiro atoms. The highest BCUT2D eigenvalue weighted by Crippen LogP contribution is 2.40. The van der Waals surface area contributed by atoms with Crippen molar-refractivity contribution >= 4 is 43.6 Å². The molecule has 10 rings (SSSR count). The lowest BCUT2D eigenvalue weighted by molar-refractivity contribution is 1.18. The van der Waals surface area contributed by atoms with E-state index in [9.17, 15) is 0 Å². The van der Waals surface area contributed by atoms with Crippen molar-refractivity contribution in [2.75, 3.05) is 0 Å². The van der Waals surface area contributed by atoms with Crippen molar-refractivity contribution in [2.24, 2.45) is 0 Å². The van der Waals surface area contributed by atoms with E-state index in [2.05, 4.69) is 203 Å². The molecular weight excluding hydrogens is 605 g/mol. The third-order valence-corrected chi connectivity index (χ3v) is 10.1. The molecule has 2 aromatic heterocycles. The Labute approximate surface area is 290 Å². The van der Waals surface area contributed by atoms with Gasteiger partial charge in [-0.05, 0) is 70.3 Å². The van der Waals surface area contributed by atoms with Crippen molar-refractivity contribution < 1.29 is 0 Å². The summed E-state index contributed by atoms with van der Waals surface area (Å²) in [6.45, 7) is 0. The molecule has 10 aromatic rings. The van der Waals surface area contributed by atoms with Crippen LogP contribution in [0.2, 0.25) is 0 Å². The zero-order chi connectivity index (χ0) is 33.0. The second-order valence-corrected chi connectivity index (χ2v) is 13.0. The molecule has 0 aliphatic rings. The quantitative estimate of drug-likeness (QED) is 0.178. The number of hydrogen-bond acceptors (Lipinski definition) is 0. The number of rotatable bonds is 5. The van der Waals surface area contributed by atoms with E-state index in [-0.39, 0.29) is 0 Å². The maximum atomic E-state index is 2.44. The minimum absolute atomic E-state index is 1.15. The zero-order valence-corrected chi connectivity index (χ0v) is 27.4. The molecule has 8 aromatic carbocycles. The molecule has 0 radical (unpaired) electrons. The fourth-order valence-corrected chi connectivity index (χ4v) is 7.80. The first-order valence-electron chi connectivity index (χ1n) is 17.2. The molecular formula is C48H32N2. The van der Waals surface area contributed by atoms with Gasteiger partial charge in [0.25, 0.3) is 0 Å². The van der Waals surface area contributed by atoms with Gasteiger partial charge in [0.1, 0.15) is 0 Å². The van der Waals surface area contributed by atoms with E-state index in [1.807, 2.05) is 0 Å². The topological polar surface area (TPSA) is 9.86 Å². The minimum Gasteiger partial charge on any atom is -0.309 e. The molecule has 2 nitrogen and oxygen atoms in total. The number of hydrogen-bond donors (Lipinski definition) is 0. The van der Waals surface area contributed by atoms with Crippen molar-refractivity contribution in [2.45, 2.75) is 0 Å². The van der Waals surface area contributed by atoms with Crippen LogP contribution in [0, 0.1) is 0 Å². The van der Waals surface area contributed by atoms with E-state index in [1.165, 1.54) is 82.7 Å². The number of para-hydroxylation sites is 3. The van der Waals surface area contributed by atoms with Crippen LogP contribution in [0.1, 0.15) is 0 Å². The summed E-state index contributed by atoms with van der Waals surface area (Å²) in [6.07, 6.45) is 0. The lowest BCUT2D eigenvalue weighted by Gasteiger charge is -2.14. The monoisotopic (exact) mass is 636 g/mol. The number of nitrogens with zero attached hydrogens (tertiary/aromatic N) is 2. The minimum atomic E-state index is 1.15. The molecule has 0 atom stereocenters. The maximum Gasteiger partial charge on any atom is 0.0547 e. The van der Waals surface area contributed by atoms with Crippen LogP contribution in [0.15, 0.2) is 194 Å². The molecule has 0 N–H and O–H groups in total. The molecule has 2 heterocycles. The SMILES string of the molecule is c1ccc(-c2ccc(-n3c4ccccc4c4ccc(-c5ccc6c7ccccc7n(-c7ccccc7-c7ccccc7)c6c5)cc43)cc2)cc1. The Morgan fingerprint density at radius 3 is 1.34 bits per heavy atom. The number of benzene rings is 8. The summed E-state index contributed by atoms with van der Waals surface area (Å²) in [5, 5.41) is 5.02. The summed E-state index contributed by atoms with van der Waals surface area (Å²) in [5.74, 6) is 0. The predicted molar refractivity (Wildman–Crippen MR) is 211 cm³/mol. The molecule has 2 heteroatoms. The zero-order valence-electron chi connectivity index (χ0n) is 27.4. The van der Waals surface area contributed by atoms with Crippen LogP contribution < -0.4 is 0 Å². The highest BCUT2D eigenvalue weighted by atomic mass is 15.0. The lowest BCUT2D eigenvalue weighted by Crippen LogP contribution is -1.97. The predicted octanol–water partition coefficient (Wildman–Crippen LogP) is 12.9. The molecule has 0 aliphatic carbocycles. The largest absolute Gasteiger partial charge is 0.309 e. The van der Waals surface area contributed by atoms with E-state index in [1.54, 1.807) is 0 Å². The molecule has 0 fully saturated rings. The van der Waals surface area contributed by atoms with Gasteiger partial charge in [-0.2, -0.15) is 0 Å². The van der Waals surface area contributed by atoms with Crippen LogP contribution in [0.3, 0.4) is 0 Å². The van der Waals surface area contributed by atoms with E-state index < -0.39 is 0 Å². The Bertz CT molecular complexity index is 2840. The standard InChI is InChI=1S/C48H32N2/c1-3-13-33(14-4-1)34-23-27-38(28-24-34)49-45-21-11-8-18-40(45)42-29-25-36(31-47(42)49)37-26-30-43-41-19-9-12-22-46(41)50(48(43)32-37)44-20-10-7-17-39(44)35-15-5-2-6-16-35/h1-32H. The molecule has 0 saturated carbocycles. The van der Waals surface area contributed by atoms with Gasteiger partial charge in [0.05, 0.1) is 27.8 Å². The van der Waals surface area contributed by atoms with Crippen LogP contribution in [0.5, 0.6) is 0 Å². The summed E-state index contributed by atoms with van der Waals surface area (Å²) in [6, 6.07) is 70.4. The molecule has 0 unspecified atom stereocenters. The van der Waals surface area contributed by atoms with Gasteiger partial charge in [-0.1, -0.05) is 152 Å². The van der Waals surface area contributed by atoms with Gasteiger partial charge in [-0.25, -0.2) is 0 Å². The Kier molecular flexibility index (Phi) is 6.53. The summed E-state index contributed by atoms with van der Waals surface area (Å²) >= 11 is 0. The lowest BCUT2D eigenvalue weighted by atomic mass is 10.0. The molecule has 0 bridgehead atoms. The summed E-state index contributed by atoms with van der Waals surface area (Å²) in [4.78, 5) is 0. The van der Waals surface area contributed by atoms with Gasteiger partial charge < -0.3 is 9.13 Å². The molecule has 234 valence electrons. The van der Waals surface area contributed by atoms with Gasteiger partial charge in [-0.3, -0.25) is 0 Å². The normalized spacial score (nSPS) is 11.6. The van der Waals surface area contributed by atoms with Gasteiger partial charge >= 0.3 is 0 Å².